The Morgan fingerprint density at radius 3 is 2.04 bits per heavy atom. The minimum Gasteiger partial charge on any atom is -0.508 e. The molecule has 3 aromatic carbocycles. The predicted molar refractivity (Wildman–Crippen MR) is 103 cm³/mol. The van der Waals surface area contributed by atoms with E-state index in [2.05, 4.69) is 0 Å². The van der Waals surface area contributed by atoms with Crippen molar-refractivity contribution in [2.24, 2.45) is 0 Å². The first-order valence-electron chi connectivity index (χ1n) is 8.45. The van der Waals surface area contributed by atoms with E-state index in [0.717, 1.165) is 0 Å². The summed E-state index contributed by atoms with van der Waals surface area (Å²) in [5.74, 6) is -1.36. The van der Waals surface area contributed by atoms with E-state index in [1.807, 2.05) is 0 Å². The summed E-state index contributed by atoms with van der Waals surface area (Å²) < 4.78 is 5.47. The first-order valence-corrected chi connectivity index (χ1v) is 8.45. The number of aromatic hydroxyl groups is 2. The number of hydrogen-bond acceptors (Lipinski definition) is 5. The first-order chi connectivity index (χ1) is 13.3. The standard InChI is InChI=1S/C22H18O6/c1-12-9-15(23)4-7-17(12)19-11-14(21(25)26)3-6-18(19)22(27)28-20-8-5-16(24)10-13(20)2/h3-11,23-24H,1-2H3,(H,25,26). The van der Waals surface area contributed by atoms with Crippen molar-refractivity contribution < 1.29 is 29.6 Å². The fourth-order valence-electron chi connectivity index (χ4n) is 2.93. The lowest BCUT2D eigenvalue weighted by atomic mass is 9.94. The van der Waals surface area contributed by atoms with Crippen molar-refractivity contribution in [3.05, 3.63) is 76.9 Å². The smallest absolute Gasteiger partial charge is 0.344 e. The zero-order chi connectivity index (χ0) is 20.4. The minimum absolute atomic E-state index is 0.0276. The highest BCUT2D eigenvalue weighted by atomic mass is 16.5. The van der Waals surface area contributed by atoms with Gasteiger partial charge in [0.05, 0.1) is 11.1 Å². The van der Waals surface area contributed by atoms with Gasteiger partial charge in [0.2, 0.25) is 0 Å². The Morgan fingerprint density at radius 1 is 0.786 bits per heavy atom. The van der Waals surface area contributed by atoms with Crippen molar-refractivity contribution in [3.8, 4) is 28.4 Å². The number of ether oxygens (including phenoxy) is 1. The summed E-state index contributed by atoms with van der Waals surface area (Å²) >= 11 is 0. The van der Waals surface area contributed by atoms with Gasteiger partial charge in [0.25, 0.3) is 0 Å². The summed E-state index contributed by atoms with van der Waals surface area (Å²) in [5, 5.41) is 28.5. The monoisotopic (exact) mass is 378 g/mol. The Balaban J connectivity index is 2.09. The van der Waals surface area contributed by atoms with Crippen LogP contribution in [0.4, 0.5) is 0 Å². The molecule has 0 aliphatic heterocycles. The van der Waals surface area contributed by atoms with Gasteiger partial charge in [0, 0.05) is 0 Å². The molecule has 0 amide bonds. The molecule has 3 aromatic rings. The summed E-state index contributed by atoms with van der Waals surface area (Å²) in [6.07, 6.45) is 0. The number of rotatable bonds is 4. The number of hydrogen-bond donors (Lipinski definition) is 3. The maximum Gasteiger partial charge on any atom is 0.344 e. The molecule has 0 aromatic heterocycles. The van der Waals surface area contributed by atoms with Crippen LogP contribution in [-0.4, -0.2) is 27.3 Å². The number of phenols is 2. The molecule has 0 saturated heterocycles. The van der Waals surface area contributed by atoms with Crippen LogP contribution in [0.3, 0.4) is 0 Å². The molecule has 0 heterocycles. The number of aromatic carboxylic acids is 1. The van der Waals surface area contributed by atoms with Crippen LogP contribution >= 0.6 is 0 Å². The molecule has 0 atom stereocenters. The largest absolute Gasteiger partial charge is 0.508 e. The van der Waals surface area contributed by atoms with Crippen molar-refractivity contribution in [1.82, 2.24) is 0 Å². The third kappa shape index (κ3) is 3.81. The number of benzene rings is 3. The van der Waals surface area contributed by atoms with Gasteiger partial charge in [-0.15, -0.1) is 0 Å². The van der Waals surface area contributed by atoms with Gasteiger partial charge >= 0.3 is 11.9 Å². The third-order valence-corrected chi connectivity index (χ3v) is 4.35. The average molecular weight is 378 g/mol. The van der Waals surface area contributed by atoms with E-state index in [1.54, 1.807) is 19.9 Å². The van der Waals surface area contributed by atoms with Crippen LogP contribution in [0.2, 0.25) is 0 Å². The van der Waals surface area contributed by atoms with Crippen LogP contribution in [0.15, 0.2) is 54.6 Å². The second kappa shape index (κ2) is 7.44. The van der Waals surface area contributed by atoms with Crippen molar-refractivity contribution >= 4 is 11.9 Å². The maximum absolute atomic E-state index is 12.8. The van der Waals surface area contributed by atoms with Crippen LogP contribution < -0.4 is 4.74 Å². The van der Waals surface area contributed by atoms with Crippen LogP contribution in [-0.2, 0) is 0 Å². The molecular weight excluding hydrogens is 360 g/mol. The van der Waals surface area contributed by atoms with Gasteiger partial charge < -0.3 is 20.1 Å². The maximum atomic E-state index is 12.8. The number of carboxylic acids is 1. The molecule has 0 saturated carbocycles. The summed E-state index contributed by atoms with van der Waals surface area (Å²) in [7, 11) is 0. The fraction of sp³-hybridized carbons (Fsp3) is 0.0909. The molecule has 6 heteroatoms. The lowest BCUT2D eigenvalue weighted by molar-refractivity contribution is 0.0692. The van der Waals surface area contributed by atoms with Crippen molar-refractivity contribution in [2.45, 2.75) is 13.8 Å². The minimum atomic E-state index is -1.12. The molecular formula is C22H18O6. The zero-order valence-electron chi connectivity index (χ0n) is 15.3. The lowest BCUT2D eigenvalue weighted by Gasteiger charge is -2.14. The van der Waals surface area contributed by atoms with Crippen LogP contribution in [0.25, 0.3) is 11.1 Å². The van der Waals surface area contributed by atoms with E-state index < -0.39 is 11.9 Å². The lowest BCUT2D eigenvalue weighted by Crippen LogP contribution is -2.12. The van der Waals surface area contributed by atoms with Gasteiger partial charge in [-0.05, 0) is 84.6 Å². The average Bonchev–Trinajstić information content (AvgIpc) is 2.63. The quantitative estimate of drug-likeness (QED) is 0.462. The van der Waals surface area contributed by atoms with Gasteiger partial charge in [-0.1, -0.05) is 6.07 Å². The van der Waals surface area contributed by atoms with E-state index in [9.17, 15) is 24.9 Å². The number of carbonyl (C=O) groups is 2. The molecule has 0 unspecified atom stereocenters. The number of carboxylic acid groups (broad SMARTS) is 1. The highest BCUT2D eigenvalue weighted by Crippen LogP contribution is 2.32. The predicted octanol–water partition coefficient (Wildman–Crippen LogP) is 4.30. The summed E-state index contributed by atoms with van der Waals surface area (Å²) in [5.41, 5.74) is 2.47. The van der Waals surface area contributed by atoms with E-state index in [1.165, 1.54) is 48.5 Å². The summed E-state index contributed by atoms with van der Waals surface area (Å²) in [6.45, 7) is 3.45. The van der Waals surface area contributed by atoms with E-state index >= 15 is 0 Å². The second-order valence-electron chi connectivity index (χ2n) is 6.40. The second-order valence-corrected chi connectivity index (χ2v) is 6.40. The third-order valence-electron chi connectivity index (χ3n) is 4.35. The molecule has 0 spiro atoms. The molecule has 6 nitrogen and oxygen atoms in total. The van der Waals surface area contributed by atoms with Crippen LogP contribution in [0.1, 0.15) is 31.8 Å². The van der Waals surface area contributed by atoms with E-state index in [-0.39, 0.29) is 22.6 Å². The summed E-state index contributed by atoms with van der Waals surface area (Å²) in [6, 6.07) is 13.1. The molecule has 0 radical (unpaired) electrons. The van der Waals surface area contributed by atoms with Crippen LogP contribution in [0, 0.1) is 13.8 Å². The Bertz CT molecular complexity index is 1080. The molecule has 28 heavy (non-hydrogen) atoms. The van der Waals surface area contributed by atoms with Gasteiger partial charge in [-0.2, -0.15) is 0 Å². The molecule has 0 aliphatic rings. The van der Waals surface area contributed by atoms with E-state index in [4.69, 9.17) is 4.74 Å². The molecule has 142 valence electrons. The van der Waals surface area contributed by atoms with Crippen molar-refractivity contribution in [2.75, 3.05) is 0 Å². The van der Waals surface area contributed by atoms with E-state index in [0.29, 0.717) is 28.0 Å². The van der Waals surface area contributed by atoms with Crippen molar-refractivity contribution in [1.29, 1.82) is 0 Å². The van der Waals surface area contributed by atoms with Gasteiger partial charge in [-0.3, -0.25) is 0 Å². The van der Waals surface area contributed by atoms with Crippen LogP contribution in [0.5, 0.6) is 17.2 Å². The van der Waals surface area contributed by atoms with Gasteiger partial charge in [0.15, 0.2) is 0 Å². The fourth-order valence-corrected chi connectivity index (χ4v) is 2.93. The number of phenolic OH excluding ortho intramolecular Hbond substituents is 2. The zero-order valence-corrected chi connectivity index (χ0v) is 15.3. The molecule has 3 N–H and O–H groups in total. The number of esters is 1. The highest BCUT2D eigenvalue weighted by molar-refractivity contribution is 6.01. The molecule has 0 aliphatic carbocycles. The Kier molecular flexibility index (Phi) is 5.04. The summed E-state index contributed by atoms with van der Waals surface area (Å²) in [4.78, 5) is 24.2. The normalized spacial score (nSPS) is 10.5. The number of aryl methyl sites for hydroxylation is 2. The highest BCUT2D eigenvalue weighted by Gasteiger charge is 2.19. The Hall–Kier alpha value is -3.80. The number of carbonyl (C=O) groups excluding carboxylic acids is 1. The first kappa shape index (κ1) is 19.0. The topological polar surface area (TPSA) is 104 Å². The molecule has 0 bridgehead atoms. The molecule has 0 fully saturated rings. The van der Waals surface area contributed by atoms with Crippen molar-refractivity contribution in [3.63, 3.8) is 0 Å². The Labute approximate surface area is 161 Å². The van der Waals surface area contributed by atoms with Gasteiger partial charge in [-0.25, -0.2) is 9.59 Å². The van der Waals surface area contributed by atoms with Gasteiger partial charge in [0.1, 0.15) is 17.2 Å². The Morgan fingerprint density at radius 2 is 1.43 bits per heavy atom. The SMILES string of the molecule is Cc1cc(O)ccc1OC(=O)c1ccc(C(=O)O)cc1-c1ccc(O)cc1C. The molecule has 3 rings (SSSR count).